The lowest BCUT2D eigenvalue weighted by atomic mass is 10.1. The lowest BCUT2D eigenvalue weighted by Crippen LogP contribution is -2.27. The van der Waals surface area contributed by atoms with Crippen molar-refractivity contribution in [1.82, 2.24) is 10.3 Å². The third-order valence-electron chi connectivity index (χ3n) is 2.92. The van der Waals surface area contributed by atoms with E-state index >= 15 is 0 Å². The van der Waals surface area contributed by atoms with Crippen LogP contribution in [0.4, 0.5) is 0 Å². The van der Waals surface area contributed by atoms with Crippen molar-refractivity contribution >= 4 is 17.2 Å². The predicted molar refractivity (Wildman–Crippen MR) is 77.5 cm³/mol. The van der Waals surface area contributed by atoms with E-state index in [0.29, 0.717) is 17.2 Å². The molecule has 0 radical (unpaired) electrons. The van der Waals surface area contributed by atoms with Gasteiger partial charge in [-0.2, -0.15) is 0 Å². The first kappa shape index (κ1) is 14.3. The Balaban J connectivity index is 2.16. The number of methoxy groups -OCH3 is 2. The van der Waals surface area contributed by atoms with Crippen molar-refractivity contribution in [2.24, 2.45) is 0 Å². The summed E-state index contributed by atoms with van der Waals surface area (Å²) in [5.41, 5.74) is 2.94. The van der Waals surface area contributed by atoms with Crippen molar-refractivity contribution in [2.75, 3.05) is 14.2 Å². The number of nitrogens with zero attached hydrogens (tertiary/aromatic N) is 1. The molecule has 1 atom stereocenters. The summed E-state index contributed by atoms with van der Waals surface area (Å²) >= 11 is 1.39. The van der Waals surface area contributed by atoms with Gasteiger partial charge in [0.05, 0.1) is 25.8 Å². The van der Waals surface area contributed by atoms with Crippen molar-refractivity contribution in [2.45, 2.75) is 13.0 Å². The summed E-state index contributed by atoms with van der Waals surface area (Å²) in [5.74, 6) is 1.19. The van der Waals surface area contributed by atoms with E-state index in [1.165, 1.54) is 11.3 Å². The maximum absolute atomic E-state index is 12.0. The molecule has 2 rings (SSSR count). The molecule has 0 aliphatic rings. The molecule has 1 unspecified atom stereocenters. The summed E-state index contributed by atoms with van der Waals surface area (Å²) in [4.78, 5) is 16.0. The predicted octanol–water partition coefficient (Wildman–Crippen LogP) is 2.65. The summed E-state index contributed by atoms with van der Waals surface area (Å²) in [5, 5.41) is 4.61. The van der Waals surface area contributed by atoms with Gasteiger partial charge in [-0.15, -0.1) is 11.3 Å². The van der Waals surface area contributed by atoms with Crippen LogP contribution in [0.15, 0.2) is 29.1 Å². The van der Waals surface area contributed by atoms with Crippen LogP contribution in [-0.2, 0) is 0 Å². The Labute approximate surface area is 121 Å². The van der Waals surface area contributed by atoms with Crippen molar-refractivity contribution in [3.05, 3.63) is 40.3 Å². The molecule has 0 fully saturated rings. The van der Waals surface area contributed by atoms with Gasteiger partial charge >= 0.3 is 0 Å². The number of benzene rings is 1. The van der Waals surface area contributed by atoms with Gasteiger partial charge in [0.1, 0.15) is 17.2 Å². The van der Waals surface area contributed by atoms with E-state index in [1.807, 2.05) is 19.1 Å². The SMILES string of the molecule is COc1ccc(C(C)NC(=O)c2cscn2)c(OC)c1. The number of nitrogens with one attached hydrogen (secondary N) is 1. The number of aromatic nitrogens is 1. The third-order valence-corrected chi connectivity index (χ3v) is 3.51. The van der Waals surface area contributed by atoms with Crippen LogP contribution >= 0.6 is 11.3 Å². The van der Waals surface area contributed by atoms with Gasteiger partial charge in [0.25, 0.3) is 5.91 Å². The van der Waals surface area contributed by atoms with Gasteiger partial charge in [-0.3, -0.25) is 4.79 Å². The zero-order chi connectivity index (χ0) is 14.5. The van der Waals surface area contributed by atoms with Gasteiger partial charge in [-0.1, -0.05) is 0 Å². The molecule has 0 saturated heterocycles. The third kappa shape index (κ3) is 3.08. The molecule has 0 saturated carbocycles. The molecule has 1 amide bonds. The minimum absolute atomic E-state index is 0.190. The molecule has 20 heavy (non-hydrogen) atoms. The number of carbonyl (C=O) groups excluding carboxylic acids is 1. The van der Waals surface area contributed by atoms with Gasteiger partial charge in [0.15, 0.2) is 0 Å². The fourth-order valence-corrected chi connectivity index (χ4v) is 2.38. The molecule has 1 N–H and O–H groups in total. The number of rotatable bonds is 5. The standard InChI is InChI=1S/C14H16N2O3S/c1-9(16-14(17)12-7-20-8-15-12)11-5-4-10(18-2)6-13(11)19-3/h4-9H,1-3H3,(H,16,17). The van der Waals surface area contributed by atoms with E-state index in [1.54, 1.807) is 31.2 Å². The Morgan fingerprint density at radius 2 is 2.15 bits per heavy atom. The van der Waals surface area contributed by atoms with E-state index in [9.17, 15) is 4.79 Å². The van der Waals surface area contributed by atoms with Crippen LogP contribution in [0.2, 0.25) is 0 Å². The van der Waals surface area contributed by atoms with Gasteiger partial charge in [0, 0.05) is 17.0 Å². The first-order valence-corrected chi connectivity index (χ1v) is 7.01. The van der Waals surface area contributed by atoms with Gasteiger partial charge in [-0.05, 0) is 19.1 Å². The summed E-state index contributed by atoms with van der Waals surface area (Å²) in [6, 6.07) is 5.32. The van der Waals surface area contributed by atoms with E-state index in [4.69, 9.17) is 9.47 Å². The number of hydrogen-bond donors (Lipinski definition) is 1. The van der Waals surface area contributed by atoms with Gasteiger partial charge < -0.3 is 14.8 Å². The summed E-state index contributed by atoms with van der Waals surface area (Å²) in [6.07, 6.45) is 0. The molecule has 1 aromatic heterocycles. The Morgan fingerprint density at radius 1 is 1.35 bits per heavy atom. The van der Waals surface area contributed by atoms with E-state index in [2.05, 4.69) is 10.3 Å². The summed E-state index contributed by atoms with van der Waals surface area (Å²) < 4.78 is 10.5. The molecule has 0 aliphatic carbocycles. The topological polar surface area (TPSA) is 60.5 Å². The fourth-order valence-electron chi connectivity index (χ4n) is 1.85. The van der Waals surface area contributed by atoms with Crippen LogP contribution in [0.3, 0.4) is 0 Å². The molecular weight excluding hydrogens is 276 g/mol. The van der Waals surface area contributed by atoms with Crippen LogP contribution in [0.25, 0.3) is 0 Å². The summed E-state index contributed by atoms with van der Waals surface area (Å²) in [7, 11) is 3.19. The maximum atomic E-state index is 12.0. The average molecular weight is 292 g/mol. The minimum atomic E-state index is -0.198. The lowest BCUT2D eigenvalue weighted by molar-refractivity contribution is 0.0935. The Hall–Kier alpha value is -2.08. The highest BCUT2D eigenvalue weighted by Crippen LogP contribution is 2.29. The fraction of sp³-hybridized carbons (Fsp3) is 0.286. The quantitative estimate of drug-likeness (QED) is 0.920. The second-order valence-electron chi connectivity index (χ2n) is 4.18. The monoisotopic (exact) mass is 292 g/mol. The van der Waals surface area contributed by atoms with Gasteiger partial charge in [0.2, 0.25) is 0 Å². The lowest BCUT2D eigenvalue weighted by Gasteiger charge is -2.17. The first-order chi connectivity index (χ1) is 9.65. The number of carbonyl (C=O) groups is 1. The second kappa shape index (κ2) is 6.38. The number of hydrogen-bond acceptors (Lipinski definition) is 5. The van der Waals surface area contributed by atoms with Crippen molar-refractivity contribution < 1.29 is 14.3 Å². The smallest absolute Gasteiger partial charge is 0.271 e. The van der Waals surface area contributed by atoms with Crippen LogP contribution in [0.5, 0.6) is 11.5 Å². The van der Waals surface area contributed by atoms with E-state index in [-0.39, 0.29) is 11.9 Å². The van der Waals surface area contributed by atoms with Crippen LogP contribution in [0.1, 0.15) is 29.0 Å². The Bertz CT molecular complexity index is 584. The first-order valence-electron chi connectivity index (χ1n) is 6.06. The Kier molecular flexibility index (Phi) is 4.57. The van der Waals surface area contributed by atoms with Gasteiger partial charge in [-0.25, -0.2) is 4.98 Å². The van der Waals surface area contributed by atoms with Crippen LogP contribution in [-0.4, -0.2) is 25.1 Å². The molecule has 5 nitrogen and oxygen atoms in total. The average Bonchev–Trinajstić information content (AvgIpc) is 3.00. The molecule has 0 aliphatic heterocycles. The summed E-state index contributed by atoms with van der Waals surface area (Å²) in [6.45, 7) is 1.90. The van der Waals surface area contributed by atoms with E-state index < -0.39 is 0 Å². The van der Waals surface area contributed by atoms with Crippen LogP contribution in [0, 0.1) is 0 Å². The second-order valence-corrected chi connectivity index (χ2v) is 4.90. The van der Waals surface area contributed by atoms with E-state index in [0.717, 1.165) is 5.56 Å². The number of thiazole rings is 1. The largest absolute Gasteiger partial charge is 0.497 e. The van der Waals surface area contributed by atoms with Crippen molar-refractivity contribution in [3.8, 4) is 11.5 Å². The zero-order valence-electron chi connectivity index (χ0n) is 11.5. The van der Waals surface area contributed by atoms with Crippen LogP contribution < -0.4 is 14.8 Å². The molecule has 1 heterocycles. The molecule has 6 heteroatoms. The maximum Gasteiger partial charge on any atom is 0.271 e. The van der Waals surface area contributed by atoms with Crippen molar-refractivity contribution in [1.29, 1.82) is 0 Å². The molecule has 2 aromatic rings. The normalized spacial score (nSPS) is 11.8. The molecule has 0 bridgehead atoms. The Morgan fingerprint density at radius 3 is 2.75 bits per heavy atom. The molecular formula is C14H16N2O3S. The minimum Gasteiger partial charge on any atom is -0.497 e. The number of amides is 1. The van der Waals surface area contributed by atoms with Crippen molar-refractivity contribution in [3.63, 3.8) is 0 Å². The highest BCUT2D eigenvalue weighted by atomic mass is 32.1. The zero-order valence-corrected chi connectivity index (χ0v) is 12.4. The molecule has 106 valence electrons. The molecule has 0 spiro atoms. The molecule has 1 aromatic carbocycles. The highest BCUT2D eigenvalue weighted by molar-refractivity contribution is 7.07. The highest BCUT2D eigenvalue weighted by Gasteiger charge is 2.16. The number of ether oxygens (including phenoxy) is 2.